The zero-order valence-electron chi connectivity index (χ0n) is 11.0. The maximum atomic E-state index is 11.4. The Balaban J connectivity index is 2.29. The average Bonchev–Trinajstić information content (AvgIpc) is 2.62. The van der Waals surface area contributed by atoms with Crippen molar-refractivity contribution < 1.29 is 4.42 Å². The molecular weight excluding hydrogens is 230 g/mol. The van der Waals surface area contributed by atoms with Gasteiger partial charge in [-0.15, -0.1) is 0 Å². The largest absolute Gasteiger partial charge is 0.419 e. The van der Waals surface area contributed by atoms with E-state index >= 15 is 0 Å². The van der Waals surface area contributed by atoms with Crippen molar-refractivity contribution in [1.82, 2.24) is 4.57 Å². The number of nitrogens with zero attached hydrogens (tertiary/aromatic N) is 2. The van der Waals surface area contributed by atoms with Crippen LogP contribution < -0.4 is 16.4 Å². The molecule has 5 nitrogen and oxygen atoms in total. The average molecular weight is 249 g/mol. The van der Waals surface area contributed by atoms with E-state index in [1.807, 2.05) is 32.2 Å². The van der Waals surface area contributed by atoms with Crippen molar-refractivity contribution in [2.45, 2.75) is 19.4 Å². The number of oxazole rings is 1. The van der Waals surface area contributed by atoms with Gasteiger partial charge in [0, 0.05) is 32.4 Å². The van der Waals surface area contributed by atoms with Crippen LogP contribution >= 0.6 is 0 Å². The Morgan fingerprint density at radius 2 is 2.22 bits per heavy atom. The van der Waals surface area contributed by atoms with Crippen molar-refractivity contribution in [3.05, 3.63) is 28.7 Å². The third-order valence-electron chi connectivity index (χ3n) is 3.14. The van der Waals surface area contributed by atoms with Gasteiger partial charge in [-0.05, 0) is 31.5 Å². The fraction of sp³-hybridized carbons (Fsp3) is 0.462. The molecule has 2 rings (SSSR count). The summed E-state index contributed by atoms with van der Waals surface area (Å²) in [5.41, 5.74) is 8.23. The smallest absolute Gasteiger partial charge is 0.408 e. The van der Waals surface area contributed by atoms with Crippen LogP contribution in [-0.4, -0.2) is 24.2 Å². The Labute approximate surface area is 106 Å². The van der Waals surface area contributed by atoms with Gasteiger partial charge < -0.3 is 15.1 Å². The fourth-order valence-corrected chi connectivity index (χ4v) is 1.88. The minimum atomic E-state index is -0.333. The van der Waals surface area contributed by atoms with Crippen molar-refractivity contribution >= 4 is 16.8 Å². The normalized spacial score (nSPS) is 12.9. The van der Waals surface area contributed by atoms with Crippen molar-refractivity contribution in [3.63, 3.8) is 0 Å². The lowest BCUT2D eigenvalue weighted by Crippen LogP contribution is -2.25. The number of rotatable bonds is 4. The standard InChI is InChI=1S/C13H19N3O2/c1-9(14)6-7-15(2)10-4-5-12-11(8-10)16(3)13(17)18-12/h4-5,8-9H,6-7,14H2,1-3H3. The van der Waals surface area contributed by atoms with Gasteiger partial charge in [-0.25, -0.2) is 4.79 Å². The number of aromatic nitrogens is 1. The first-order valence-corrected chi connectivity index (χ1v) is 6.05. The summed E-state index contributed by atoms with van der Waals surface area (Å²) in [5, 5.41) is 0. The molecule has 0 aliphatic carbocycles. The maximum Gasteiger partial charge on any atom is 0.419 e. The quantitative estimate of drug-likeness (QED) is 0.887. The molecule has 98 valence electrons. The molecule has 0 aliphatic rings. The second kappa shape index (κ2) is 4.86. The van der Waals surface area contributed by atoms with Crippen molar-refractivity contribution in [2.24, 2.45) is 12.8 Å². The molecule has 0 saturated carbocycles. The lowest BCUT2D eigenvalue weighted by atomic mass is 10.2. The van der Waals surface area contributed by atoms with Gasteiger partial charge in [0.2, 0.25) is 0 Å². The second-order valence-electron chi connectivity index (χ2n) is 4.77. The number of nitrogens with two attached hydrogens (primary N) is 1. The number of aryl methyl sites for hydroxylation is 1. The van der Waals surface area contributed by atoms with Gasteiger partial charge in [0.15, 0.2) is 5.58 Å². The number of benzene rings is 1. The summed E-state index contributed by atoms with van der Waals surface area (Å²) in [7, 11) is 3.72. The zero-order chi connectivity index (χ0) is 13.3. The highest BCUT2D eigenvalue weighted by molar-refractivity contribution is 5.77. The first-order chi connectivity index (χ1) is 8.49. The Kier molecular flexibility index (Phi) is 3.43. The van der Waals surface area contributed by atoms with Gasteiger partial charge in [0.05, 0.1) is 5.52 Å². The molecule has 1 atom stereocenters. The molecule has 0 fully saturated rings. The molecule has 0 saturated heterocycles. The summed E-state index contributed by atoms with van der Waals surface area (Å²) >= 11 is 0. The van der Waals surface area contributed by atoms with Gasteiger partial charge in [0.25, 0.3) is 0 Å². The first-order valence-electron chi connectivity index (χ1n) is 6.05. The molecule has 0 spiro atoms. The van der Waals surface area contributed by atoms with Crippen molar-refractivity contribution in [1.29, 1.82) is 0 Å². The lowest BCUT2D eigenvalue weighted by molar-refractivity contribution is 0.528. The van der Waals surface area contributed by atoms with Crippen LogP contribution in [0.15, 0.2) is 27.4 Å². The zero-order valence-corrected chi connectivity index (χ0v) is 11.0. The van der Waals surface area contributed by atoms with E-state index < -0.39 is 0 Å². The summed E-state index contributed by atoms with van der Waals surface area (Å²) in [4.78, 5) is 13.5. The van der Waals surface area contributed by atoms with Crippen LogP contribution in [0.3, 0.4) is 0 Å². The van der Waals surface area contributed by atoms with Crippen molar-refractivity contribution in [2.75, 3.05) is 18.5 Å². The second-order valence-corrected chi connectivity index (χ2v) is 4.77. The summed E-state index contributed by atoms with van der Waals surface area (Å²) in [5.74, 6) is -0.333. The van der Waals surface area contributed by atoms with Crippen LogP contribution in [0.5, 0.6) is 0 Å². The van der Waals surface area contributed by atoms with Crippen LogP contribution in [0.4, 0.5) is 5.69 Å². The molecule has 2 aromatic rings. The summed E-state index contributed by atoms with van der Waals surface area (Å²) < 4.78 is 6.61. The van der Waals surface area contributed by atoms with Crippen LogP contribution in [0.25, 0.3) is 11.1 Å². The lowest BCUT2D eigenvalue weighted by Gasteiger charge is -2.20. The van der Waals surface area contributed by atoms with E-state index in [1.54, 1.807) is 7.05 Å². The van der Waals surface area contributed by atoms with Crippen molar-refractivity contribution in [3.8, 4) is 0 Å². The summed E-state index contributed by atoms with van der Waals surface area (Å²) in [6.45, 7) is 2.88. The van der Waals surface area contributed by atoms with Crippen LogP contribution in [0.1, 0.15) is 13.3 Å². The third kappa shape index (κ3) is 2.41. The highest BCUT2D eigenvalue weighted by atomic mass is 16.4. The topological polar surface area (TPSA) is 64.4 Å². The summed E-state index contributed by atoms with van der Waals surface area (Å²) in [6.07, 6.45) is 0.929. The molecule has 0 radical (unpaired) electrons. The Morgan fingerprint density at radius 1 is 1.50 bits per heavy atom. The Morgan fingerprint density at radius 3 is 2.89 bits per heavy atom. The van der Waals surface area contributed by atoms with E-state index in [1.165, 1.54) is 4.57 Å². The van der Waals surface area contributed by atoms with E-state index in [0.717, 1.165) is 24.2 Å². The molecule has 1 heterocycles. The van der Waals surface area contributed by atoms with E-state index in [9.17, 15) is 4.79 Å². The highest BCUT2D eigenvalue weighted by Crippen LogP contribution is 2.20. The molecule has 18 heavy (non-hydrogen) atoms. The van der Waals surface area contributed by atoms with Crippen LogP contribution in [0.2, 0.25) is 0 Å². The van der Waals surface area contributed by atoms with Gasteiger partial charge in [-0.2, -0.15) is 0 Å². The monoisotopic (exact) mass is 249 g/mol. The predicted molar refractivity (Wildman–Crippen MR) is 73.0 cm³/mol. The molecule has 2 N–H and O–H groups in total. The van der Waals surface area contributed by atoms with Gasteiger partial charge in [-0.3, -0.25) is 4.57 Å². The first kappa shape index (κ1) is 12.7. The van der Waals surface area contributed by atoms with E-state index in [2.05, 4.69) is 4.90 Å². The van der Waals surface area contributed by atoms with E-state index in [-0.39, 0.29) is 11.8 Å². The molecule has 0 aliphatic heterocycles. The Bertz CT molecular complexity index is 598. The number of anilines is 1. The number of hydrogen-bond donors (Lipinski definition) is 1. The molecule has 1 unspecified atom stereocenters. The van der Waals surface area contributed by atoms with Crippen LogP contribution in [0, 0.1) is 0 Å². The Hall–Kier alpha value is -1.75. The molecule has 1 aromatic heterocycles. The van der Waals surface area contributed by atoms with Crippen LogP contribution in [-0.2, 0) is 7.05 Å². The number of hydrogen-bond acceptors (Lipinski definition) is 4. The molecular formula is C13H19N3O2. The van der Waals surface area contributed by atoms with Gasteiger partial charge in [0.1, 0.15) is 0 Å². The number of fused-ring (bicyclic) bond motifs is 1. The summed E-state index contributed by atoms with van der Waals surface area (Å²) in [6, 6.07) is 5.93. The molecule has 0 bridgehead atoms. The minimum Gasteiger partial charge on any atom is -0.408 e. The molecule has 0 amide bonds. The van der Waals surface area contributed by atoms with E-state index in [4.69, 9.17) is 10.2 Å². The molecule has 5 heteroatoms. The minimum absolute atomic E-state index is 0.189. The third-order valence-corrected chi connectivity index (χ3v) is 3.14. The predicted octanol–water partition coefficient (Wildman–Crippen LogP) is 1.30. The fourth-order valence-electron chi connectivity index (χ4n) is 1.88. The van der Waals surface area contributed by atoms with Gasteiger partial charge >= 0.3 is 5.76 Å². The maximum absolute atomic E-state index is 11.4. The SMILES string of the molecule is CC(N)CCN(C)c1ccc2oc(=O)n(C)c2c1. The molecule has 1 aromatic carbocycles. The van der Waals surface area contributed by atoms with Gasteiger partial charge in [-0.1, -0.05) is 0 Å². The van der Waals surface area contributed by atoms with E-state index in [0.29, 0.717) is 5.58 Å². The highest BCUT2D eigenvalue weighted by Gasteiger charge is 2.09.